The molecule has 0 amide bonds. The highest BCUT2D eigenvalue weighted by Crippen LogP contribution is 2.36. The molecule has 0 aromatic carbocycles. The largest absolute Gasteiger partial charge is 0.495 e. The van der Waals surface area contributed by atoms with Gasteiger partial charge in [-0.15, -0.1) is 0 Å². The van der Waals surface area contributed by atoms with Crippen molar-refractivity contribution in [1.82, 2.24) is 4.98 Å². The summed E-state index contributed by atoms with van der Waals surface area (Å²) in [5.41, 5.74) is 1.87. The Bertz CT molecular complexity index is 444. The van der Waals surface area contributed by atoms with E-state index < -0.39 is 7.12 Å². The van der Waals surface area contributed by atoms with Gasteiger partial charge < -0.3 is 14.4 Å². The minimum Gasteiger partial charge on any atom is -0.399 e. The first-order valence-corrected chi connectivity index (χ1v) is 6.18. The van der Waals surface area contributed by atoms with Gasteiger partial charge in [0.2, 0.25) is 0 Å². The van der Waals surface area contributed by atoms with Gasteiger partial charge in [0.05, 0.1) is 17.8 Å². The van der Waals surface area contributed by atoms with Crippen LogP contribution in [0.5, 0.6) is 0 Å². The van der Waals surface area contributed by atoms with Crippen molar-refractivity contribution in [2.45, 2.75) is 52.4 Å². The minimum absolute atomic E-state index is 0.0614. The topological polar surface area (TPSA) is 51.6 Å². The summed E-state index contributed by atoms with van der Waals surface area (Å²) in [6.07, 6.45) is 3.42. The predicted octanol–water partition coefficient (Wildman–Crippen LogP) is 1.18. The molecule has 0 radical (unpaired) electrons. The first kappa shape index (κ1) is 13.5. The number of aryl methyl sites for hydroxylation is 1. The van der Waals surface area contributed by atoms with Crippen LogP contribution in [0.15, 0.2) is 12.4 Å². The number of pyridine rings is 1. The third-order valence-electron chi connectivity index (χ3n) is 3.93. The van der Waals surface area contributed by atoms with Crippen LogP contribution in [0, 0.1) is 6.92 Å². The minimum atomic E-state index is -0.444. The van der Waals surface area contributed by atoms with E-state index in [0.717, 1.165) is 16.6 Å². The molecular weight excluding hydrogens is 229 g/mol. The van der Waals surface area contributed by atoms with Crippen molar-refractivity contribution >= 4 is 12.6 Å². The molecule has 5 heteroatoms. The molecule has 1 aliphatic rings. The van der Waals surface area contributed by atoms with E-state index in [1.54, 1.807) is 12.4 Å². The second-order valence-corrected chi connectivity index (χ2v) is 5.78. The van der Waals surface area contributed by atoms with Gasteiger partial charge in [0.15, 0.2) is 0 Å². The van der Waals surface area contributed by atoms with Crippen molar-refractivity contribution in [1.29, 1.82) is 0 Å². The van der Waals surface area contributed by atoms with E-state index in [0.29, 0.717) is 0 Å². The predicted molar refractivity (Wildman–Crippen MR) is 70.6 cm³/mol. The normalized spacial score (nSPS) is 21.3. The van der Waals surface area contributed by atoms with Crippen LogP contribution in [0.25, 0.3) is 0 Å². The molecule has 1 aliphatic heterocycles. The number of aliphatic hydroxyl groups is 1. The zero-order valence-electron chi connectivity index (χ0n) is 11.7. The summed E-state index contributed by atoms with van der Waals surface area (Å²) in [7, 11) is -0.444. The lowest BCUT2D eigenvalue weighted by Crippen LogP contribution is -2.41. The Morgan fingerprint density at radius 2 is 1.72 bits per heavy atom. The molecule has 0 aliphatic carbocycles. The van der Waals surface area contributed by atoms with E-state index in [1.165, 1.54) is 0 Å². The Hall–Kier alpha value is -0.905. The molecule has 4 nitrogen and oxygen atoms in total. The van der Waals surface area contributed by atoms with Gasteiger partial charge in [-0.3, -0.25) is 4.98 Å². The van der Waals surface area contributed by atoms with Gasteiger partial charge in [0.25, 0.3) is 0 Å². The van der Waals surface area contributed by atoms with E-state index in [2.05, 4.69) is 4.98 Å². The Morgan fingerprint density at radius 3 is 2.22 bits per heavy atom. The lowest BCUT2D eigenvalue weighted by Gasteiger charge is -2.32. The van der Waals surface area contributed by atoms with Gasteiger partial charge in [0.1, 0.15) is 0 Å². The molecule has 98 valence electrons. The van der Waals surface area contributed by atoms with Crippen molar-refractivity contribution in [3.05, 3.63) is 23.5 Å². The number of aliphatic hydroxyl groups excluding tert-OH is 1. The molecule has 18 heavy (non-hydrogen) atoms. The van der Waals surface area contributed by atoms with Crippen molar-refractivity contribution in [3.63, 3.8) is 0 Å². The van der Waals surface area contributed by atoms with E-state index >= 15 is 0 Å². The second-order valence-electron chi connectivity index (χ2n) is 5.78. The smallest absolute Gasteiger partial charge is 0.399 e. The van der Waals surface area contributed by atoms with Gasteiger partial charge in [-0.05, 0) is 51.2 Å². The number of rotatable bonds is 2. The zero-order valence-corrected chi connectivity index (χ0v) is 11.7. The fourth-order valence-corrected chi connectivity index (χ4v) is 2.06. The fraction of sp³-hybridized carbons (Fsp3) is 0.615. The molecule has 2 rings (SSSR count). The Morgan fingerprint density at radius 1 is 1.17 bits per heavy atom. The monoisotopic (exact) mass is 249 g/mol. The van der Waals surface area contributed by atoms with Crippen molar-refractivity contribution in [2.75, 3.05) is 0 Å². The second kappa shape index (κ2) is 4.33. The van der Waals surface area contributed by atoms with Crippen LogP contribution in [0.2, 0.25) is 0 Å². The van der Waals surface area contributed by atoms with Crippen LogP contribution in [0.4, 0.5) is 0 Å². The highest BCUT2D eigenvalue weighted by molar-refractivity contribution is 6.63. The summed E-state index contributed by atoms with van der Waals surface area (Å²) in [5.74, 6) is 0. The highest BCUT2D eigenvalue weighted by atomic mass is 16.7. The van der Waals surface area contributed by atoms with Gasteiger partial charge in [-0.25, -0.2) is 0 Å². The summed E-state index contributed by atoms with van der Waals surface area (Å²) in [6, 6.07) is 0. The van der Waals surface area contributed by atoms with Gasteiger partial charge in [-0.1, -0.05) is 0 Å². The van der Waals surface area contributed by atoms with E-state index in [4.69, 9.17) is 9.31 Å². The average Bonchev–Trinajstić information content (AvgIpc) is 2.47. The van der Waals surface area contributed by atoms with Crippen LogP contribution in [0.3, 0.4) is 0 Å². The SMILES string of the molecule is Cc1cncc(CO)c1B1OC(C)(C)C(C)(C)O1. The van der Waals surface area contributed by atoms with Gasteiger partial charge in [0, 0.05) is 12.4 Å². The number of aromatic nitrogens is 1. The average molecular weight is 249 g/mol. The van der Waals surface area contributed by atoms with Crippen molar-refractivity contribution < 1.29 is 14.4 Å². The number of hydrogen-bond donors (Lipinski definition) is 1. The molecule has 1 aromatic rings. The molecule has 0 spiro atoms. The molecule has 1 fully saturated rings. The maximum atomic E-state index is 9.41. The molecule has 0 bridgehead atoms. The van der Waals surface area contributed by atoms with E-state index in [1.807, 2.05) is 34.6 Å². The molecule has 0 unspecified atom stereocenters. The summed E-state index contributed by atoms with van der Waals surface area (Å²) in [5, 5.41) is 9.41. The first-order valence-electron chi connectivity index (χ1n) is 6.18. The molecule has 2 heterocycles. The molecule has 0 atom stereocenters. The fourth-order valence-electron chi connectivity index (χ4n) is 2.06. The van der Waals surface area contributed by atoms with Crippen LogP contribution in [-0.2, 0) is 15.9 Å². The quantitative estimate of drug-likeness (QED) is 0.799. The summed E-state index contributed by atoms with van der Waals surface area (Å²) in [6.45, 7) is 9.95. The molecular formula is C13H20BNO3. The van der Waals surface area contributed by atoms with Gasteiger partial charge in [-0.2, -0.15) is 0 Å². The van der Waals surface area contributed by atoms with E-state index in [-0.39, 0.29) is 17.8 Å². The highest BCUT2D eigenvalue weighted by Gasteiger charge is 2.52. The lowest BCUT2D eigenvalue weighted by atomic mass is 9.74. The third kappa shape index (κ3) is 2.07. The first-order chi connectivity index (χ1) is 8.28. The van der Waals surface area contributed by atoms with Crippen LogP contribution >= 0.6 is 0 Å². The molecule has 1 N–H and O–H groups in total. The standard InChI is InChI=1S/C13H20BNO3/c1-9-6-15-7-10(8-16)11(9)14-17-12(2,3)13(4,5)18-14/h6-7,16H,8H2,1-5H3. The molecule has 0 saturated carbocycles. The molecule has 1 saturated heterocycles. The van der Waals surface area contributed by atoms with Crippen molar-refractivity contribution in [2.24, 2.45) is 0 Å². The van der Waals surface area contributed by atoms with Crippen LogP contribution in [0.1, 0.15) is 38.8 Å². The Labute approximate surface area is 108 Å². The number of nitrogens with zero attached hydrogens (tertiary/aromatic N) is 1. The Kier molecular flexibility index (Phi) is 3.26. The maximum Gasteiger partial charge on any atom is 0.495 e. The maximum absolute atomic E-state index is 9.41. The summed E-state index contributed by atoms with van der Waals surface area (Å²) < 4.78 is 12.0. The van der Waals surface area contributed by atoms with Crippen LogP contribution < -0.4 is 5.46 Å². The zero-order chi connectivity index (χ0) is 13.6. The third-order valence-corrected chi connectivity index (χ3v) is 3.93. The van der Waals surface area contributed by atoms with Crippen molar-refractivity contribution in [3.8, 4) is 0 Å². The van der Waals surface area contributed by atoms with E-state index in [9.17, 15) is 5.11 Å². The summed E-state index contributed by atoms with van der Waals surface area (Å²) >= 11 is 0. The van der Waals surface area contributed by atoms with Crippen LogP contribution in [-0.4, -0.2) is 28.4 Å². The summed E-state index contributed by atoms with van der Waals surface area (Å²) in [4.78, 5) is 4.09. The van der Waals surface area contributed by atoms with Gasteiger partial charge >= 0.3 is 7.12 Å². The number of hydrogen-bond acceptors (Lipinski definition) is 4. The molecule has 1 aromatic heterocycles. The Balaban J connectivity index is 2.41. The lowest BCUT2D eigenvalue weighted by molar-refractivity contribution is 0.00578.